The third-order valence-electron chi connectivity index (χ3n) is 5.17. The first-order valence-electron chi connectivity index (χ1n) is 9.80. The molecule has 0 aliphatic rings. The van der Waals surface area contributed by atoms with Crippen molar-refractivity contribution in [2.24, 2.45) is 0 Å². The number of benzene rings is 3. The van der Waals surface area contributed by atoms with Crippen molar-refractivity contribution in [3.63, 3.8) is 0 Å². The molecule has 0 saturated heterocycles. The van der Waals surface area contributed by atoms with Gasteiger partial charge < -0.3 is 14.6 Å². The fourth-order valence-electron chi connectivity index (χ4n) is 3.75. The van der Waals surface area contributed by atoms with Gasteiger partial charge in [0.15, 0.2) is 5.65 Å². The summed E-state index contributed by atoms with van der Waals surface area (Å²) in [5, 5.41) is 3.98. The number of hydrogen-bond donors (Lipinski definition) is 1. The van der Waals surface area contributed by atoms with Crippen molar-refractivity contribution in [3.05, 3.63) is 72.8 Å². The van der Waals surface area contributed by atoms with Crippen LogP contribution >= 0.6 is 0 Å². The molecule has 6 heteroatoms. The van der Waals surface area contributed by atoms with E-state index in [0.717, 1.165) is 33.1 Å². The van der Waals surface area contributed by atoms with Crippen molar-refractivity contribution in [3.8, 4) is 5.75 Å². The van der Waals surface area contributed by atoms with Gasteiger partial charge in [-0.25, -0.2) is 9.97 Å². The molecular formula is C24H20N4O2. The number of ether oxygens (including phenoxy) is 1. The summed E-state index contributed by atoms with van der Waals surface area (Å²) >= 11 is 0. The lowest BCUT2D eigenvalue weighted by molar-refractivity contribution is -0.116. The van der Waals surface area contributed by atoms with Gasteiger partial charge in [0.05, 0.1) is 23.7 Å². The first-order chi connectivity index (χ1) is 14.7. The number of anilines is 1. The van der Waals surface area contributed by atoms with Crippen LogP contribution in [0.5, 0.6) is 5.75 Å². The Morgan fingerprint density at radius 1 is 0.967 bits per heavy atom. The Hall–Kier alpha value is -3.93. The number of fused-ring (bicyclic) bond motifs is 4. The molecule has 5 aromatic rings. The first kappa shape index (κ1) is 18.1. The molecule has 1 N–H and O–H groups in total. The molecule has 0 radical (unpaired) electrons. The fourth-order valence-corrected chi connectivity index (χ4v) is 3.75. The van der Waals surface area contributed by atoms with Crippen LogP contribution in [-0.2, 0) is 11.3 Å². The van der Waals surface area contributed by atoms with Gasteiger partial charge in [-0.1, -0.05) is 36.4 Å². The molecule has 0 aliphatic carbocycles. The van der Waals surface area contributed by atoms with Crippen LogP contribution in [0, 0.1) is 0 Å². The predicted molar refractivity (Wildman–Crippen MR) is 119 cm³/mol. The standard InChI is InChI=1S/C24H20N4O2/c1-30-17-8-6-7-16(15-17)25-22(29)13-14-28-21-12-5-2-9-18(21)23-24(28)27-20-11-4-3-10-19(20)26-23/h2-12,15H,13-14H2,1H3,(H,25,29). The van der Waals surface area contributed by atoms with E-state index in [1.54, 1.807) is 13.2 Å². The number of nitrogens with zero attached hydrogens (tertiary/aromatic N) is 3. The number of carbonyl (C=O) groups excluding carboxylic acids is 1. The Balaban J connectivity index is 1.48. The van der Waals surface area contributed by atoms with E-state index in [4.69, 9.17) is 14.7 Å². The molecule has 2 heterocycles. The Morgan fingerprint density at radius 3 is 2.57 bits per heavy atom. The lowest BCUT2D eigenvalue weighted by Crippen LogP contribution is -2.14. The largest absolute Gasteiger partial charge is 0.497 e. The highest BCUT2D eigenvalue weighted by Crippen LogP contribution is 2.28. The molecule has 2 aromatic heterocycles. The minimum absolute atomic E-state index is 0.0667. The molecule has 30 heavy (non-hydrogen) atoms. The second-order valence-corrected chi connectivity index (χ2v) is 7.08. The lowest BCUT2D eigenvalue weighted by Gasteiger charge is -2.09. The Morgan fingerprint density at radius 2 is 1.73 bits per heavy atom. The van der Waals surface area contributed by atoms with Crippen molar-refractivity contribution in [2.45, 2.75) is 13.0 Å². The van der Waals surface area contributed by atoms with E-state index >= 15 is 0 Å². The van der Waals surface area contributed by atoms with Gasteiger partial charge in [-0.05, 0) is 30.3 Å². The van der Waals surface area contributed by atoms with Gasteiger partial charge in [0.25, 0.3) is 0 Å². The zero-order chi connectivity index (χ0) is 20.5. The van der Waals surface area contributed by atoms with E-state index in [9.17, 15) is 4.79 Å². The average Bonchev–Trinajstić information content (AvgIpc) is 3.09. The minimum atomic E-state index is -0.0667. The average molecular weight is 396 g/mol. The third-order valence-corrected chi connectivity index (χ3v) is 5.17. The summed E-state index contributed by atoms with van der Waals surface area (Å²) in [6, 6.07) is 23.3. The zero-order valence-corrected chi connectivity index (χ0v) is 16.5. The van der Waals surface area contributed by atoms with Gasteiger partial charge in [0, 0.05) is 30.1 Å². The fraction of sp³-hybridized carbons (Fsp3) is 0.125. The maximum Gasteiger partial charge on any atom is 0.226 e. The molecule has 0 aliphatic heterocycles. The minimum Gasteiger partial charge on any atom is -0.497 e. The Kier molecular flexibility index (Phi) is 4.52. The summed E-state index contributed by atoms with van der Waals surface area (Å²) in [6.07, 6.45) is 0.319. The molecule has 148 valence electrons. The lowest BCUT2D eigenvalue weighted by atomic mass is 10.2. The van der Waals surface area contributed by atoms with Crippen LogP contribution in [0.2, 0.25) is 0 Å². The molecule has 0 unspecified atom stereocenters. The van der Waals surface area contributed by atoms with Crippen LogP contribution in [0.25, 0.3) is 33.1 Å². The normalized spacial score (nSPS) is 11.2. The summed E-state index contributed by atoms with van der Waals surface area (Å²) in [5.74, 6) is 0.639. The number of aryl methyl sites for hydroxylation is 1. The van der Waals surface area contributed by atoms with E-state index in [1.807, 2.05) is 66.7 Å². The molecule has 6 nitrogen and oxygen atoms in total. The van der Waals surface area contributed by atoms with E-state index in [1.165, 1.54) is 0 Å². The second kappa shape index (κ2) is 7.48. The van der Waals surface area contributed by atoms with Crippen molar-refractivity contribution >= 4 is 44.7 Å². The molecular weight excluding hydrogens is 376 g/mol. The van der Waals surface area contributed by atoms with Crippen molar-refractivity contribution in [2.75, 3.05) is 12.4 Å². The molecule has 0 fully saturated rings. The van der Waals surface area contributed by atoms with Crippen LogP contribution in [0.1, 0.15) is 6.42 Å². The molecule has 3 aromatic carbocycles. The smallest absolute Gasteiger partial charge is 0.226 e. The number of para-hydroxylation sites is 3. The van der Waals surface area contributed by atoms with Gasteiger partial charge in [0.1, 0.15) is 11.3 Å². The Labute approximate surface area is 173 Å². The molecule has 0 saturated carbocycles. The summed E-state index contributed by atoms with van der Waals surface area (Å²) in [5.41, 5.74) is 5.10. The molecule has 5 rings (SSSR count). The number of hydrogen-bond acceptors (Lipinski definition) is 4. The monoisotopic (exact) mass is 396 g/mol. The van der Waals surface area contributed by atoms with E-state index < -0.39 is 0 Å². The quantitative estimate of drug-likeness (QED) is 0.464. The van der Waals surface area contributed by atoms with Crippen LogP contribution in [0.4, 0.5) is 5.69 Å². The van der Waals surface area contributed by atoms with Crippen LogP contribution in [-0.4, -0.2) is 27.6 Å². The number of aromatic nitrogens is 3. The molecule has 0 bridgehead atoms. The number of nitrogens with one attached hydrogen (secondary N) is 1. The maximum absolute atomic E-state index is 12.6. The third kappa shape index (κ3) is 3.22. The van der Waals surface area contributed by atoms with Gasteiger partial charge >= 0.3 is 0 Å². The first-order valence-corrected chi connectivity index (χ1v) is 9.80. The molecule has 0 spiro atoms. The number of amides is 1. The van der Waals surface area contributed by atoms with Gasteiger partial charge in [-0.2, -0.15) is 0 Å². The second-order valence-electron chi connectivity index (χ2n) is 7.08. The highest BCUT2D eigenvalue weighted by Gasteiger charge is 2.15. The summed E-state index contributed by atoms with van der Waals surface area (Å²) < 4.78 is 7.29. The molecule has 1 amide bonds. The van der Waals surface area contributed by atoms with Gasteiger partial charge in [-0.3, -0.25) is 4.79 Å². The van der Waals surface area contributed by atoms with E-state index in [0.29, 0.717) is 24.4 Å². The number of carbonyl (C=O) groups is 1. The van der Waals surface area contributed by atoms with Gasteiger partial charge in [0.2, 0.25) is 5.91 Å². The van der Waals surface area contributed by atoms with Crippen molar-refractivity contribution in [1.29, 1.82) is 0 Å². The Bertz CT molecular complexity index is 1390. The number of rotatable bonds is 5. The predicted octanol–water partition coefficient (Wildman–Crippen LogP) is 4.78. The summed E-state index contributed by atoms with van der Waals surface area (Å²) in [4.78, 5) is 22.3. The SMILES string of the molecule is COc1cccc(NC(=O)CCn2c3ccccc3c3nc4ccccc4nc32)c1. The topological polar surface area (TPSA) is 69.0 Å². The van der Waals surface area contributed by atoms with Crippen LogP contribution in [0.3, 0.4) is 0 Å². The highest BCUT2D eigenvalue weighted by molar-refractivity contribution is 6.06. The van der Waals surface area contributed by atoms with Crippen molar-refractivity contribution in [1.82, 2.24) is 14.5 Å². The van der Waals surface area contributed by atoms with Crippen molar-refractivity contribution < 1.29 is 9.53 Å². The summed E-state index contributed by atoms with van der Waals surface area (Å²) in [7, 11) is 1.61. The zero-order valence-electron chi connectivity index (χ0n) is 16.5. The van der Waals surface area contributed by atoms with E-state index in [-0.39, 0.29) is 5.91 Å². The van der Waals surface area contributed by atoms with Gasteiger partial charge in [-0.15, -0.1) is 0 Å². The van der Waals surface area contributed by atoms with Crippen LogP contribution in [0.15, 0.2) is 72.8 Å². The summed E-state index contributed by atoms with van der Waals surface area (Å²) in [6.45, 7) is 0.507. The van der Waals surface area contributed by atoms with E-state index in [2.05, 4.69) is 9.88 Å². The van der Waals surface area contributed by atoms with Crippen LogP contribution < -0.4 is 10.1 Å². The highest BCUT2D eigenvalue weighted by atomic mass is 16.5. The number of methoxy groups -OCH3 is 1. The molecule has 0 atom stereocenters. The maximum atomic E-state index is 12.6.